The molecule has 3 rings (SSSR count). The molecule has 1 aromatic heterocycles. The number of aromatic nitrogens is 1. The molecular weight excluding hydrogens is 334 g/mol. The van der Waals surface area contributed by atoms with Crippen molar-refractivity contribution in [1.82, 2.24) is 14.8 Å². The highest BCUT2D eigenvalue weighted by Gasteiger charge is 2.25. The molecular formula is C20H24ClN3O. The van der Waals surface area contributed by atoms with E-state index >= 15 is 0 Å². The molecule has 0 saturated carbocycles. The van der Waals surface area contributed by atoms with E-state index in [4.69, 9.17) is 11.6 Å². The van der Waals surface area contributed by atoms with E-state index in [0.717, 1.165) is 25.2 Å². The van der Waals surface area contributed by atoms with Crippen molar-refractivity contribution in [3.8, 4) is 0 Å². The standard InChI is InChI=1S/C20H24ClN3O/c1-23(20(25)13-16-9-10-19(21)22-14-16)18(15-24-11-5-6-12-24)17-7-3-2-4-8-17/h2-4,7-10,14,18H,5-6,11-13,15H2,1H3. The van der Waals surface area contributed by atoms with Crippen molar-refractivity contribution in [3.05, 3.63) is 64.9 Å². The summed E-state index contributed by atoms with van der Waals surface area (Å²) in [5.74, 6) is 0.0946. The first kappa shape index (κ1) is 17.9. The number of pyridine rings is 1. The molecule has 0 bridgehead atoms. The molecule has 0 spiro atoms. The lowest BCUT2D eigenvalue weighted by atomic mass is 10.0. The van der Waals surface area contributed by atoms with Crippen molar-refractivity contribution in [2.75, 3.05) is 26.7 Å². The van der Waals surface area contributed by atoms with Crippen LogP contribution in [-0.4, -0.2) is 47.4 Å². The fourth-order valence-electron chi connectivity index (χ4n) is 3.32. The molecule has 1 aliphatic rings. The highest BCUT2D eigenvalue weighted by molar-refractivity contribution is 6.29. The predicted molar refractivity (Wildman–Crippen MR) is 101 cm³/mol. The zero-order chi connectivity index (χ0) is 17.6. The van der Waals surface area contributed by atoms with Gasteiger partial charge >= 0.3 is 0 Å². The van der Waals surface area contributed by atoms with Crippen molar-refractivity contribution in [1.29, 1.82) is 0 Å². The smallest absolute Gasteiger partial charge is 0.227 e. The highest BCUT2D eigenvalue weighted by atomic mass is 35.5. The zero-order valence-corrected chi connectivity index (χ0v) is 15.3. The molecule has 2 aromatic rings. The van der Waals surface area contributed by atoms with Crippen molar-refractivity contribution in [2.45, 2.75) is 25.3 Å². The highest BCUT2D eigenvalue weighted by Crippen LogP contribution is 2.23. The van der Waals surface area contributed by atoms with Gasteiger partial charge in [0.1, 0.15) is 5.15 Å². The molecule has 2 heterocycles. The van der Waals surface area contributed by atoms with Gasteiger partial charge in [-0.2, -0.15) is 0 Å². The lowest BCUT2D eigenvalue weighted by molar-refractivity contribution is -0.131. The van der Waals surface area contributed by atoms with Gasteiger partial charge in [-0.25, -0.2) is 4.98 Å². The summed E-state index contributed by atoms with van der Waals surface area (Å²) in [7, 11) is 1.90. The Morgan fingerprint density at radius 2 is 1.92 bits per heavy atom. The lowest BCUT2D eigenvalue weighted by Crippen LogP contribution is -2.39. The Labute approximate surface area is 154 Å². The fraction of sp³-hybridized carbons (Fsp3) is 0.400. The van der Waals surface area contributed by atoms with Crippen molar-refractivity contribution < 1.29 is 4.79 Å². The van der Waals surface area contributed by atoms with Crippen LogP contribution in [0.4, 0.5) is 0 Å². The number of carbonyl (C=O) groups is 1. The van der Waals surface area contributed by atoms with Gasteiger partial charge in [-0.15, -0.1) is 0 Å². The summed E-state index contributed by atoms with van der Waals surface area (Å²) in [4.78, 5) is 21.2. The molecule has 4 nitrogen and oxygen atoms in total. The third-order valence-corrected chi connectivity index (χ3v) is 5.04. The van der Waals surface area contributed by atoms with Gasteiger partial charge < -0.3 is 9.80 Å². The third kappa shape index (κ3) is 4.80. The molecule has 132 valence electrons. The monoisotopic (exact) mass is 357 g/mol. The van der Waals surface area contributed by atoms with Crippen LogP contribution in [0, 0.1) is 0 Å². The van der Waals surface area contributed by atoms with Gasteiger partial charge in [0.05, 0.1) is 12.5 Å². The largest absolute Gasteiger partial charge is 0.337 e. The normalized spacial score (nSPS) is 15.9. The van der Waals surface area contributed by atoms with E-state index in [2.05, 4.69) is 22.0 Å². The van der Waals surface area contributed by atoms with Gasteiger partial charge in [0.2, 0.25) is 5.91 Å². The predicted octanol–water partition coefficient (Wildman–Crippen LogP) is 3.57. The minimum absolute atomic E-state index is 0.0621. The summed E-state index contributed by atoms with van der Waals surface area (Å²) >= 11 is 5.82. The molecule has 1 unspecified atom stereocenters. The number of hydrogen-bond donors (Lipinski definition) is 0. The Morgan fingerprint density at radius 1 is 1.20 bits per heavy atom. The molecule has 1 aliphatic heterocycles. The zero-order valence-electron chi connectivity index (χ0n) is 14.6. The van der Waals surface area contributed by atoms with Gasteiger partial charge in [0.25, 0.3) is 0 Å². The van der Waals surface area contributed by atoms with Gasteiger partial charge in [-0.1, -0.05) is 48.0 Å². The van der Waals surface area contributed by atoms with E-state index < -0.39 is 0 Å². The quantitative estimate of drug-likeness (QED) is 0.741. The minimum Gasteiger partial charge on any atom is -0.337 e. The molecule has 0 N–H and O–H groups in total. The van der Waals surface area contributed by atoms with E-state index in [0.29, 0.717) is 11.6 Å². The number of rotatable bonds is 6. The van der Waals surface area contributed by atoms with Gasteiger partial charge in [-0.3, -0.25) is 4.79 Å². The Hall–Kier alpha value is -1.91. The Balaban J connectivity index is 1.74. The summed E-state index contributed by atoms with van der Waals surface area (Å²) in [6.45, 7) is 3.12. The van der Waals surface area contributed by atoms with E-state index in [1.807, 2.05) is 36.2 Å². The first-order valence-electron chi connectivity index (χ1n) is 8.77. The van der Waals surface area contributed by atoms with Gasteiger partial charge in [0, 0.05) is 19.8 Å². The van der Waals surface area contributed by atoms with Crippen LogP contribution in [0.15, 0.2) is 48.7 Å². The number of carbonyl (C=O) groups excluding carboxylic acids is 1. The maximum atomic E-state index is 12.8. The van der Waals surface area contributed by atoms with Crippen LogP contribution in [0.25, 0.3) is 0 Å². The SMILES string of the molecule is CN(C(=O)Cc1ccc(Cl)nc1)C(CN1CCCC1)c1ccccc1. The number of nitrogens with zero attached hydrogens (tertiary/aromatic N) is 3. The van der Waals surface area contributed by atoms with E-state index in [1.165, 1.54) is 18.4 Å². The Bertz CT molecular complexity index is 684. The van der Waals surface area contributed by atoms with Crippen molar-refractivity contribution in [2.24, 2.45) is 0 Å². The second-order valence-corrected chi connectivity index (χ2v) is 6.99. The summed E-state index contributed by atoms with van der Waals surface area (Å²) < 4.78 is 0. The number of hydrogen-bond acceptors (Lipinski definition) is 3. The van der Waals surface area contributed by atoms with Crippen LogP contribution in [0.2, 0.25) is 5.15 Å². The van der Waals surface area contributed by atoms with E-state index in [1.54, 1.807) is 12.3 Å². The molecule has 1 saturated heterocycles. The maximum Gasteiger partial charge on any atom is 0.227 e. The second kappa shape index (κ2) is 8.45. The average molecular weight is 358 g/mol. The van der Waals surface area contributed by atoms with Gasteiger partial charge in [-0.05, 0) is 43.1 Å². The lowest BCUT2D eigenvalue weighted by Gasteiger charge is -2.32. The summed E-state index contributed by atoms with van der Waals surface area (Å²) in [6.07, 6.45) is 4.50. The average Bonchev–Trinajstić information content (AvgIpc) is 3.15. The van der Waals surface area contributed by atoms with Crippen LogP contribution in [0.3, 0.4) is 0 Å². The molecule has 5 heteroatoms. The molecule has 1 aromatic carbocycles. The van der Waals surface area contributed by atoms with E-state index in [9.17, 15) is 4.79 Å². The first-order chi connectivity index (χ1) is 12.1. The third-order valence-electron chi connectivity index (χ3n) is 4.82. The molecule has 0 radical (unpaired) electrons. The van der Waals surface area contributed by atoms with Gasteiger partial charge in [0.15, 0.2) is 0 Å². The summed E-state index contributed by atoms with van der Waals surface area (Å²) in [5.41, 5.74) is 2.06. The van der Waals surface area contributed by atoms with Crippen LogP contribution in [0.5, 0.6) is 0 Å². The number of benzene rings is 1. The Morgan fingerprint density at radius 3 is 2.56 bits per heavy atom. The minimum atomic E-state index is 0.0621. The van der Waals surface area contributed by atoms with Crippen LogP contribution >= 0.6 is 11.6 Å². The Kier molecular flexibility index (Phi) is 6.05. The molecule has 1 atom stereocenters. The van der Waals surface area contributed by atoms with Crippen molar-refractivity contribution >= 4 is 17.5 Å². The first-order valence-corrected chi connectivity index (χ1v) is 9.14. The number of likely N-dealkylation sites (tertiary alicyclic amines) is 1. The van der Waals surface area contributed by atoms with Crippen LogP contribution in [-0.2, 0) is 11.2 Å². The van der Waals surface area contributed by atoms with Crippen molar-refractivity contribution in [3.63, 3.8) is 0 Å². The van der Waals surface area contributed by atoms with Crippen LogP contribution < -0.4 is 0 Å². The topological polar surface area (TPSA) is 36.4 Å². The number of amides is 1. The molecule has 25 heavy (non-hydrogen) atoms. The maximum absolute atomic E-state index is 12.8. The van der Waals surface area contributed by atoms with E-state index in [-0.39, 0.29) is 11.9 Å². The molecule has 0 aliphatic carbocycles. The fourth-order valence-corrected chi connectivity index (χ4v) is 3.43. The summed E-state index contributed by atoms with van der Waals surface area (Å²) in [5, 5.41) is 0.445. The molecule has 1 amide bonds. The second-order valence-electron chi connectivity index (χ2n) is 6.60. The summed E-state index contributed by atoms with van der Waals surface area (Å²) in [6, 6.07) is 13.9. The van der Waals surface area contributed by atoms with Crippen LogP contribution in [0.1, 0.15) is 30.0 Å². The number of halogens is 1. The number of likely N-dealkylation sites (N-methyl/N-ethyl adjacent to an activating group) is 1. The molecule has 1 fully saturated rings.